The lowest BCUT2D eigenvalue weighted by Gasteiger charge is -1.98. The van der Waals surface area contributed by atoms with Crippen molar-refractivity contribution < 1.29 is 13.9 Å². The van der Waals surface area contributed by atoms with Gasteiger partial charge in [0.25, 0.3) is 0 Å². The molecule has 0 aliphatic rings. The summed E-state index contributed by atoms with van der Waals surface area (Å²) >= 11 is 0. The first-order valence-electron chi connectivity index (χ1n) is 4.28. The Labute approximate surface area is 90.8 Å². The molecule has 0 unspecified atom stereocenters. The van der Waals surface area contributed by atoms with Crippen LogP contribution >= 0.6 is 0 Å². The molecule has 5 nitrogen and oxygen atoms in total. The van der Waals surface area contributed by atoms with Gasteiger partial charge in [0.1, 0.15) is 11.5 Å². The van der Waals surface area contributed by atoms with Crippen LogP contribution in [0, 0.1) is 5.82 Å². The molecule has 82 valence electrons. The van der Waals surface area contributed by atoms with E-state index in [1.165, 1.54) is 24.3 Å². The molecule has 1 aromatic carbocycles. The van der Waals surface area contributed by atoms with Crippen molar-refractivity contribution in [3.8, 4) is 0 Å². The summed E-state index contributed by atoms with van der Waals surface area (Å²) < 4.78 is 17.2. The first-order chi connectivity index (χ1) is 7.67. The lowest BCUT2D eigenvalue weighted by Crippen LogP contribution is -2.01. The van der Waals surface area contributed by atoms with Gasteiger partial charge in [-0.2, -0.15) is 0 Å². The molecule has 1 aromatic rings. The summed E-state index contributed by atoms with van der Waals surface area (Å²) in [7, 11) is 1.16. The minimum Gasteiger partial charge on any atom is -0.466 e. The van der Waals surface area contributed by atoms with Crippen molar-refractivity contribution in [1.29, 1.82) is 0 Å². The predicted octanol–water partition coefficient (Wildman–Crippen LogP) is 2.65. The molecule has 0 aliphatic heterocycles. The van der Waals surface area contributed by atoms with Gasteiger partial charge in [-0.1, -0.05) is 17.2 Å². The number of esters is 1. The maximum Gasteiger partial charge on any atom is 0.340 e. The molecule has 0 aliphatic carbocycles. The lowest BCUT2D eigenvalue weighted by atomic mass is 10.2. The highest BCUT2D eigenvalue weighted by Gasteiger charge is 2.07. The Morgan fingerprint density at radius 3 is 2.94 bits per heavy atom. The molecule has 0 N–H and O–H groups in total. The Balaban J connectivity index is 3.11. The number of methoxy groups -OCH3 is 1. The second-order valence-corrected chi connectivity index (χ2v) is 2.77. The first kappa shape index (κ1) is 11.7. The van der Waals surface area contributed by atoms with Crippen LogP contribution in [0.2, 0.25) is 0 Å². The normalized spacial score (nSPS) is 10.5. The van der Waals surface area contributed by atoms with Crippen molar-refractivity contribution in [1.82, 2.24) is 0 Å². The number of rotatable bonds is 3. The largest absolute Gasteiger partial charge is 0.466 e. The second-order valence-electron chi connectivity index (χ2n) is 2.77. The second kappa shape index (κ2) is 5.53. The fourth-order valence-electron chi connectivity index (χ4n) is 1.04. The topological polar surface area (TPSA) is 75.1 Å². The number of azide groups is 1. The third-order valence-corrected chi connectivity index (χ3v) is 1.70. The van der Waals surface area contributed by atoms with Crippen LogP contribution in [-0.2, 0) is 9.53 Å². The smallest absolute Gasteiger partial charge is 0.340 e. The quantitative estimate of drug-likeness (QED) is 0.258. The third-order valence-electron chi connectivity index (χ3n) is 1.70. The molecule has 0 atom stereocenters. The number of carbonyl (C=O) groups is 1. The molecule has 0 bridgehead atoms. The van der Waals surface area contributed by atoms with E-state index in [9.17, 15) is 9.18 Å². The van der Waals surface area contributed by atoms with Gasteiger partial charge in [0.05, 0.1) is 7.11 Å². The zero-order valence-corrected chi connectivity index (χ0v) is 8.42. The standard InChI is InChI=1S/C10H8FN3O2/c1-16-10(15)9(13-14-12)6-7-3-2-4-8(11)5-7/h2-6H,1H3/b9-6-. The zero-order valence-electron chi connectivity index (χ0n) is 8.42. The summed E-state index contributed by atoms with van der Waals surface area (Å²) in [5.41, 5.74) is 8.43. The van der Waals surface area contributed by atoms with Crippen LogP contribution in [0.15, 0.2) is 35.1 Å². The van der Waals surface area contributed by atoms with Crippen molar-refractivity contribution in [3.05, 3.63) is 51.8 Å². The van der Waals surface area contributed by atoms with Crippen LogP contribution in [0.3, 0.4) is 0 Å². The van der Waals surface area contributed by atoms with E-state index < -0.39 is 11.8 Å². The van der Waals surface area contributed by atoms with Gasteiger partial charge < -0.3 is 4.74 Å². The molecule has 1 rings (SSSR count). The highest BCUT2D eigenvalue weighted by Crippen LogP contribution is 2.11. The molecule has 0 aromatic heterocycles. The van der Waals surface area contributed by atoms with Crippen LogP contribution in [0.5, 0.6) is 0 Å². The molecule has 0 heterocycles. The van der Waals surface area contributed by atoms with E-state index in [1.54, 1.807) is 6.07 Å². The Hall–Kier alpha value is -2.33. The molecule has 16 heavy (non-hydrogen) atoms. The molecule has 0 amide bonds. The minimum absolute atomic E-state index is 0.226. The molecular formula is C10H8FN3O2. The fourth-order valence-corrected chi connectivity index (χ4v) is 1.04. The summed E-state index contributed by atoms with van der Waals surface area (Å²) in [5, 5.41) is 3.16. The summed E-state index contributed by atoms with van der Waals surface area (Å²) in [6.45, 7) is 0. The third kappa shape index (κ3) is 3.11. The fraction of sp³-hybridized carbons (Fsp3) is 0.100. The molecule has 0 fully saturated rings. The van der Waals surface area contributed by atoms with E-state index in [1.807, 2.05) is 0 Å². The van der Waals surface area contributed by atoms with E-state index in [2.05, 4.69) is 14.8 Å². The van der Waals surface area contributed by atoms with Gasteiger partial charge in [0.2, 0.25) is 0 Å². The summed E-state index contributed by atoms with van der Waals surface area (Å²) in [4.78, 5) is 13.6. The van der Waals surface area contributed by atoms with Crippen molar-refractivity contribution in [2.24, 2.45) is 5.11 Å². The van der Waals surface area contributed by atoms with Crippen LogP contribution in [0.4, 0.5) is 4.39 Å². The highest BCUT2D eigenvalue weighted by molar-refractivity contribution is 5.93. The van der Waals surface area contributed by atoms with Crippen molar-refractivity contribution in [2.45, 2.75) is 0 Å². The minimum atomic E-state index is -0.776. The van der Waals surface area contributed by atoms with Gasteiger partial charge in [-0.3, -0.25) is 0 Å². The van der Waals surface area contributed by atoms with Gasteiger partial charge in [-0.15, -0.1) is 0 Å². The van der Waals surface area contributed by atoms with Crippen molar-refractivity contribution >= 4 is 12.0 Å². The van der Waals surface area contributed by atoms with Gasteiger partial charge in [0.15, 0.2) is 0 Å². The molecular weight excluding hydrogens is 213 g/mol. The average molecular weight is 221 g/mol. The molecule has 0 spiro atoms. The summed E-state index contributed by atoms with van der Waals surface area (Å²) in [6, 6.07) is 5.52. The lowest BCUT2D eigenvalue weighted by molar-refractivity contribution is -0.136. The Kier molecular flexibility index (Phi) is 4.06. The molecule has 0 radical (unpaired) electrons. The summed E-state index contributed by atoms with van der Waals surface area (Å²) in [6.07, 6.45) is 1.24. The Morgan fingerprint density at radius 2 is 2.38 bits per heavy atom. The number of hydrogen-bond donors (Lipinski definition) is 0. The van der Waals surface area contributed by atoms with Gasteiger partial charge >= 0.3 is 5.97 Å². The van der Waals surface area contributed by atoms with Crippen molar-refractivity contribution in [2.75, 3.05) is 7.11 Å². The molecule has 0 saturated heterocycles. The van der Waals surface area contributed by atoms with E-state index in [0.29, 0.717) is 5.56 Å². The Bertz CT molecular complexity index is 479. The van der Waals surface area contributed by atoms with Crippen LogP contribution in [-0.4, -0.2) is 13.1 Å². The number of hydrogen-bond acceptors (Lipinski definition) is 3. The molecule has 6 heteroatoms. The van der Waals surface area contributed by atoms with Gasteiger partial charge in [-0.05, 0) is 29.3 Å². The zero-order chi connectivity index (χ0) is 12.0. The number of nitrogens with zero attached hydrogens (tertiary/aromatic N) is 3. The Morgan fingerprint density at radius 1 is 1.62 bits per heavy atom. The SMILES string of the molecule is COC(=O)/C(=C/c1cccc(F)c1)N=[N+]=[N-]. The summed E-state index contributed by atoms with van der Waals surface area (Å²) in [5.74, 6) is -1.22. The number of benzene rings is 1. The van der Waals surface area contributed by atoms with Crippen molar-refractivity contribution in [3.63, 3.8) is 0 Å². The van der Waals surface area contributed by atoms with E-state index >= 15 is 0 Å². The maximum atomic E-state index is 12.8. The predicted molar refractivity (Wildman–Crippen MR) is 55.5 cm³/mol. The highest BCUT2D eigenvalue weighted by atomic mass is 19.1. The number of halogens is 1. The van der Waals surface area contributed by atoms with Crippen LogP contribution in [0.25, 0.3) is 16.5 Å². The monoisotopic (exact) mass is 221 g/mol. The van der Waals surface area contributed by atoms with Crippen LogP contribution in [0.1, 0.15) is 5.56 Å². The molecule has 0 saturated carbocycles. The first-order valence-corrected chi connectivity index (χ1v) is 4.28. The van der Waals surface area contributed by atoms with E-state index in [0.717, 1.165) is 7.11 Å². The maximum absolute atomic E-state index is 12.8. The van der Waals surface area contributed by atoms with Crippen LogP contribution < -0.4 is 0 Å². The number of carbonyl (C=O) groups excluding carboxylic acids is 1. The average Bonchev–Trinajstić information content (AvgIpc) is 2.27. The van der Waals surface area contributed by atoms with E-state index in [-0.39, 0.29) is 5.70 Å². The van der Waals surface area contributed by atoms with Gasteiger partial charge in [0, 0.05) is 4.91 Å². The van der Waals surface area contributed by atoms with Gasteiger partial charge in [-0.25, -0.2) is 9.18 Å². The van der Waals surface area contributed by atoms with E-state index in [4.69, 9.17) is 5.53 Å². The number of ether oxygens (including phenoxy) is 1.